The Bertz CT molecular complexity index is 530. The minimum absolute atomic E-state index is 0.552. The van der Waals surface area contributed by atoms with E-state index in [4.69, 9.17) is 14.2 Å². The quantitative estimate of drug-likeness (QED) is 0.756. The molecule has 0 amide bonds. The first-order valence-electron chi connectivity index (χ1n) is 7.38. The number of benzene rings is 2. The first-order chi connectivity index (χ1) is 10.3. The third kappa shape index (κ3) is 2.18. The van der Waals surface area contributed by atoms with Crippen molar-refractivity contribution in [2.75, 3.05) is 13.2 Å². The molecule has 0 aliphatic carbocycles. The molecule has 3 nitrogen and oxygen atoms in total. The van der Waals surface area contributed by atoms with E-state index in [1.807, 2.05) is 74.5 Å². The molecule has 1 fully saturated rings. The van der Waals surface area contributed by atoms with Crippen molar-refractivity contribution in [1.82, 2.24) is 0 Å². The second-order valence-corrected chi connectivity index (χ2v) is 4.93. The fourth-order valence-electron chi connectivity index (χ4n) is 2.81. The van der Waals surface area contributed by atoms with Crippen LogP contribution in [-0.4, -0.2) is 13.2 Å². The summed E-state index contributed by atoms with van der Waals surface area (Å²) in [7, 11) is 0. The van der Waals surface area contributed by atoms with E-state index in [2.05, 4.69) is 0 Å². The Balaban J connectivity index is 2.07. The molecule has 0 aromatic heterocycles. The summed E-state index contributed by atoms with van der Waals surface area (Å²) in [6.07, 6.45) is 0. The lowest BCUT2D eigenvalue weighted by atomic mass is 9.98. The Morgan fingerprint density at radius 3 is 1.43 bits per heavy atom. The highest BCUT2D eigenvalue weighted by molar-refractivity contribution is 5.36. The highest BCUT2D eigenvalue weighted by Gasteiger charge is 2.75. The van der Waals surface area contributed by atoms with E-state index in [1.54, 1.807) is 0 Å². The van der Waals surface area contributed by atoms with Gasteiger partial charge in [-0.2, -0.15) is 0 Å². The molecule has 2 unspecified atom stereocenters. The summed E-state index contributed by atoms with van der Waals surface area (Å²) in [5.41, 5.74) is 1.95. The van der Waals surface area contributed by atoms with Gasteiger partial charge >= 0.3 is 0 Å². The second kappa shape index (κ2) is 5.60. The maximum absolute atomic E-state index is 6.10. The molecule has 0 spiro atoms. The normalized spacial score (nSPS) is 27.5. The van der Waals surface area contributed by atoms with Crippen LogP contribution in [0.15, 0.2) is 60.7 Å². The van der Waals surface area contributed by atoms with Gasteiger partial charge in [-0.15, -0.1) is 0 Å². The summed E-state index contributed by atoms with van der Waals surface area (Å²) in [6, 6.07) is 20.0. The SMILES string of the molecule is CCOC1(c2ccccc2)OC1(OCC)c1ccccc1. The largest absolute Gasteiger partial charge is 0.342 e. The van der Waals surface area contributed by atoms with Crippen molar-refractivity contribution in [1.29, 1.82) is 0 Å². The van der Waals surface area contributed by atoms with Gasteiger partial charge in [-0.1, -0.05) is 60.7 Å². The average molecular weight is 284 g/mol. The summed E-state index contributed by atoms with van der Waals surface area (Å²) >= 11 is 0. The van der Waals surface area contributed by atoms with Crippen molar-refractivity contribution >= 4 is 0 Å². The Morgan fingerprint density at radius 1 is 0.714 bits per heavy atom. The van der Waals surface area contributed by atoms with Crippen LogP contribution in [0.2, 0.25) is 0 Å². The lowest BCUT2D eigenvalue weighted by Gasteiger charge is -2.20. The van der Waals surface area contributed by atoms with Gasteiger partial charge in [-0.25, -0.2) is 0 Å². The van der Waals surface area contributed by atoms with Gasteiger partial charge < -0.3 is 9.47 Å². The van der Waals surface area contributed by atoms with Gasteiger partial charge in [0.1, 0.15) is 0 Å². The van der Waals surface area contributed by atoms with E-state index in [0.717, 1.165) is 11.1 Å². The zero-order chi connectivity index (χ0) is 14.8. The fourth-order valence-corrected chi connectivity index (χ4v) is 2.81. The summed E-state index contributed by atoms with van der Waals surface area (Å²) in [5.74, 6) is -1.72. The molecule has 1 heterocycles. The Labute approximate surface area is 125 Å². The molecule has 0 N–H and O–H groups in total. The predicted octanol–water partition coefficient (Wildman–Crippen LogP) is 3.80. The van der Waals surface area contributed by atoms with Crippen molar-refractivity contribution in [2.45, 2.75) is 25.4 Å². The molecule has 1 aliphatic heterocycles. The highest BCUT2D eigenvalue weighted by atomic mass is 16.9. The van der Waals surface area contributed by atoms with Crippen LogP contribution >= 0.6 is 0 Å². The molecule has 0 radical (unpaired) electrons. The van der Waals surface area contributed by atoms with Crippen molar-refractivity contribution in [3.05, 3.63) is 71.8 Å². The van der Waals surface area contributed by atoms with Gasteiger partial charge in [0.2, 0.25) is 0 Å². The maximum atomic E-state index is 6.10. The lowest BCUT2D eigenvalue weighted by Crippen LogP contribution is -2.28. The second-order valence-electron chi connectivity index (χ2n) is 4.93. The molecule has 2 atom stereocenters. The van der Waals surface area contributed by atoms with Crippen molar-refractivity contribution in [2.24, 2.45) is 0 Å². The molecule has 110 valence electrons. The average Bonchev–Trinajstić information content (AvgIpc) is 3.20. The van der Waals surface area contributed by atoms with Crippen LogP contribution in [0.3, 0.4) is 0 Å². The van der Waals surface area contributed by atoms with Crippen LogP contribution in [0.1, 0.15) is 25.0 Å². The molecule has 1 saturated heterocycles. The van der Waals surface area contributed by atoms with Crippen LogP contribution in [0.5, 0.6) is 0 Å². The Hall–Kier alpha value is -1.68. The van der Waals surface area contributed by atoms with Gasteiger partial charge in [0, 0.05) is 24.3 Å². The molecule has 3 heteroatoms. The number of hydrogen-bond acceptors (Lipinski definition) is 3. The molecular formula is C18H20O3. The van der Waals surface area contributed by atoms with Crippen molar-refractivity contribution in [3.63, 3.8) is 0 Å². The van der Waals surface area contributed by atoms with Gasteiger partial charge in [0.05, 0.1) is 0 Å². The maximum Gasteiger partial charge on any atom is 0.259 e. The fraction of sp³-hybridized carbons (Fsp3) is 0.333. The smallest absolute Gasteiger partial charge is 0.259 e. The molecule has 3 rings (SSSR count). The third-order valence-corrected chi connectivity index (χ3v) is 3.68. The molecule has 0 saturated carbocycles. The standard InChI is InChI=1S/C18H20O3/c1-3-19-17(15-11-7-5-8-12-15)18(21-17,20-4-2)16-13-9-6-10-14-16/h5-14H,3-4H2,1-2H3. The van der Waals surface area contributed by atoms with Gasteiger partial charge in [-0.3, -0.25) is 4.74 Å². The van der Waals surface area contributed by atoms with Crippen LogP contribution in [0.4, 0.5) is 0 Å². The van der Waals surface area contributed by atoms with Gasteiger partial charge in [0.15, 0.2) is 0 Å². The molecule has 2 aromatic carbocycles. The number of epoxide rings is 1. The van der Waals surface area contributed by atoms with E-state index in [1.165, 1.54) is 0 Å². The first kappa shape index (κ1) is 14.3. The van der Waals surface area contributed by atoms with E-state index in [0.29, 0.717) is 13.2 Å². The molecule has 2 aromatic rings. The predicted molar refractivity (Wildman–Crippen MR) is 80.6 cm³/mol. The molecule has 21 heavy (non-hydrogen) atoms. The van der Waals surface area contributed by atoms with Gasteiger partial charge in [-0.05, 0) is 13.8 Å². The number of ether oxygens (including phenoxy) is 3. The zero-order valence-corrected chi connectivity index (χ0v) is 12.4. The monoisotopic (exact) mass is 284 g/mol. The van der Waals surface area contributed by atoms with Crippen LogP contribution in [-0.2, 0) is 25.8 Å². The van der Waals surface area contributed by atoms with Crippen LogP contribution < -0.4 is 0 Å². The topological polar surface area (TPSA) is 31.0 Å². The Kier molecular flexibility index (Phi) is 3.81. The minimum atomic E-state index is -0.861. The Morgan fingerprint density at radius 2 is 1.10 bits per heavy atom. The number of hydrogen-bond donors (Lipinski definition) is 0. The molecular weight excluding hydrogens is 264 g/mol. The third-order valence-electron chi connectivity index (χ3n) is 3.68. The van der Waals surface area contributed by atoms with E-state index >= 15 is 0 Å². The highest BCUT2D eigenvalue weighted by Crippen LogP contribution is 2.63. The molecule has 1 aliphatic rings. The minimum Gasteiger partial charge on any atom is -0.342 e. The first-order valence-corrected chi connectivity index (χ1v) is 7.38. The van der Waals surface area contributed by atoms with Crippen molar-refractivity contribution < 1.29 is 14.2 Å². The summed E-state index contributed by atoms with van der Waals surface area (Å²) in [5, 5.41) is 0. The summed E-state index contributed by atoms with van der Waals surface area (Å²) < 4.78 is 18.1. The molecule has 0 bridgehead atoms. The van der Waals surface area contributed by atoms with Crippen LogP contribution in [0.25, 0.3) is 0 Å². The van der Waals surface area contributed by atoms with E-state index in [9.17, 15) is 0 Å². The van der Waals surface area contributed by atoms with E-state index in [-0.39, 0.29) is 0 Å². The van der Waals surface area contributed by atoms with Gasteiger partial charge in [0.25, 0.3) is 11.6 Å². The lowest BCUT2D eigenvalue weighted by molar-refractivity contribution is -0.0734. The summed E-state index contributed by atoms with van der Waals surface area (Å²) in [6.45, 7) is 5.04. The number of rotatable bonds is 6. The zero-order valence-electron chi connectivity index (χ0n) is 12.4. The summed E-state index contributed by atoms with van der Waals surface area (Å²) in [4.78, 5) is 0. The van der Waals surface area contributed by atoms with Crippen LogP contribution in [0, 0.1) is 0 Å². The van der Waals surface area contributed by atoms with Crippen molar-refractivity contribution in [3.8, 4) is 0 Å². The van der Waals surface area contributed by atoms with E-state index < -0.39 is 11.6 Å².